The largest absolute Gasteiger partial charge is 0.504 e. The third kappa shape index (κ3) is 3.70. The summed E-state index contributed by atoms with van der Waals surface area (Å²) in [4.78, 5) is 16.3. The van der Waals surface area contributed by atoms with Gasteiger partial charge in [0, 0.05) is 44.9 Å². The number of fused-ring (bicyclic) bond motifs is 1. The molecule has 1 saturated heterocycles. The van der Waals surface area contributed by atoms with Crippen LogP contribution in [-0.4, -0.2) is 64.1 Å². The monoisotopic (exact) mass is 387 g/mol. The van der Waals surface area contributed by atoms with Gasteiger partial charge in [0.2, 0.25) is 6.79 Å². The van der Waals surface area contributed by atoms with Crippen molar-refractivity contribution in [1.82, 2.24) is 9.80 Å². The van der Waals surface area contributed by atoms with Crippen LogP contribution in [0.25, 0.3) is 0 Å². The van der Waals surface area contributed by atoms with Gasteiger partial charge in [-0.15, -0.1) is 0 Å². The van der Waals surface area contributed by atoms with Gasteiger partial charge < -0.3 is 35.0 Å². The first-order valence-electron chi connectivity index (χ1n) is 8.91. The van der Waals surface area contributed by atoms with Crippen LogP contribution in [-0.2, 0) is 6.54 Å². The molecule has 1 fully saturated rings. The predicted octanol–water partition coefficient (Wildman–Crippen LogP) is 1.88. The molecule has 2 amide bonds. The van der Waals surface area contributed by atoms with Crippen molar-refractivity contribution >= 4 is 11.7 Å². The van der Waals surface area contributed by atoms with E-state index in [2.05, 4.69) is 10.2 Å². The summed E-state index contributed by atoms with van der Waals surface area (Å²) in [6, 6.07) is 7.93. The summed E-state index contributed by atoms with van der Waals surface area (Å²) in [5.74, 6) is -0.0877. The summed E-state index contributed by atoms with van der Waals surface area (Å²) in [6.45, 7) is 3.54. The number of piperazine rings is 1. The number of hydrogen-bond acceptors (Lipinski definition) is 7. The average molecular weight is 387 g/mol. The topological polar surface area (TPSA) is 115 Å². The number of amides is 2. The number of carbonyl (C=O) groups is 1. The number of hydrogen-bond donors (Lipinski definition) is 4. The van der Waals surface area contributed by atoms with Gasteiger partial charge in [-0.1, -0.05) is 6.07 Å². The van der Waals surface area contributed by atoms with E-state index in [-0.39, 0.29) is 18.5 Å². The lowest BCUT2D eigenvalue weighted by Gasteiger charge is -2.34. The Balaban J connectivity index is 1.30. The van der Waals surface area contributed by atoms with Gasteiger partial charge in [-0.25, -0.2) is 4.79 Å². The Labute approximate surface area is 161 Å². The first kappa shape index (κ1) is 18.1. The van der Waals surface area contributed by atoms with Gasteiger partial charge in [0.25, 0.3) is 0 Å². The standard InChI is InChI=1S/C19H21N3O6/c23-14-8-13(9-15(24)18(14)25)20-19(26)22-5-3-21(4-6-22)10-12-1-2-16-17(7-12)28-11-27-16/h1-2,7-9,23-25H,3-6,10-11H2,(H,20,26). The zero-order chi connectivity index (χ0) is 19.7. The molecule has 0 radical (unpaired) electrons. The highest BCUT2D eigenvalue weighted by molar-refractivity contribution is 5.90. The number of aromatic hydroxyl groups is 3. The second-order valence-electron chi connectivity index (χ2n) is 6.74. The van der Waals surface area contributed by atoms with Gasteiger partial charge in [0.05, 0.1) is 5.69 Å². The number of rotatable bonds is 3. The van der Waals surface area contributed by atoms with Crippen molar-refractivity contribution in [3.63, 3.8) is 0 Å². The molecule has 0 spiro atoms. The first-order valence-corrected chi connectivity index (χ1v) is 8.91. The van der Waals surface area contributed by atoms with Crippen molar-refractivity contribution < 1.29 is 29.6 Å². The number of carbonyl (C=O) groups excluding carboxylic acids is 1. The van der Waals surface area contributed by atoms with Crippen LogP contribution in [0.15, 0.2) is 30.3 Å². The number of anilines is 1. The number of urea groups is 1. The van der Waals surface area contributed by atoms with Crippen LogP contribution in [0, 0.1) is 0 Å². The highest BCUT2D eigenvalue weighted by Crippen LogP contribution is 2.37. The van der Waals surface area contributed by atoms with Crippen LogP contribution in [0.2, 0.25) is 0 Å². The van der Waals surface area contributed by atoms with Crippen molar-refractivity contribution in [3.8, 4) is 28.7 Å². The van der Waals surface area contributed by atoms with E-state index in [0.717, 1.165) is 23.6 Å². The SMILES string of the molecule is O=C(Nc1cc(O)c(O)c(O)c1)N1CCN(Cc2ccc3c(c2)OCO3)CC1. The fourth-order valence-electron chi connectivity index (χ4n) is 3.29. The minimum atomic E-state index is -0.616. The number of phenols is 3. The van der Waals surface area contributed by atoms with Gasteiger partial charge >= 0.3 is 6.03 Å². The molecule has 0 aliphatic carbocycles. The van der Waals surface area contributed by atoms with Crippen LogP contribution < -0.4 is 14.8 Å². The molecule has 0 unspecified atom stereocenters. The number of ether oxygens (including phenoxy) is 2. The van der Waals surface area contributed by atoms with Gasteiger partial charge in [-0.05, 0) is 17.7 Å². The van der Waals surface area contributed by atoms with Crippen molar-refractivity contribution in [2.45, 2.75) is 6.54 Å². The molecule has 9 nitrogen and oxygen atoms in total. The summed E-state index contributed by atoms with van der Waals surface area (Å²) >= 11 is 0. The summed E-state index contributed by atoms with van der Waals surface area (Å²) in [5, 5.41) is 31.1. The van der Waals surface area contributed by atoms with Gasteiger partial charge in [-0.3, -0.25) is 4.90 Å². The Hall–Kier alpha value is -3.33. The molecule has 2 aromatic rings. The van der Waals surface area contributed by atoms with E-state index in [0.29, 0.717) is 26.2 Å². The second kappa shape index (κ2) is 7.35. The molecule has 0 bridgehead atoms. The number of phenolic OH excluding ortho intramolecular Hbond substituents is 3. The van der Waals surface area contributed by atoms with Crippen LogP contribution in [0.3, 0.4) is 0 Å². The van der Waals surface area contributed by atoms with Gasteiger partial charge in [-0.2, -0.15) is 0 Å². The third-order valence-electron chi connectivity index (χ3n) is 4.82. The molecule has 2 aromatic carbocycles. The Morgan fingerprint density at radius 3 is 2.36 bits per heavy atom. The summed E-state index contributed by atoms with van der Waals surface area (Å²) in [7, 11) is 0. The Morgan fingerprint density at radius 2 is 1.64 bits per heavy atom. The Bertz CT molecular complexity index is 872. The van der Waals surface area contributed by atoms with Gasteiger partial charge in [0.15, 0.2) is 28.7 Å². The molecule has 2 heterocycles. The maximum absolute atomic E-state index is 12.4. The molecule has 0 atom stereocenters. The molecule has 28 heavy (non-hydrogen) atoms. The fourth-order valence-corrected chi connectivity index (χ4v) is 3.29. The second-order valence-corrected chi connectivity index (χ2v) is 6.74. The Kier molecular flexibility index (Phi) is 4.74. The minimum Gasteiger partial charge on any atom is -0.504 e. The van der Waals surface area contributed by atoms with E-state index in [9.17, 15) is 20.1 Å². The predicted molar refractivity (Wildman–Crippen MR) is 99.9 cm³/mol. The lowest BCUT2D eigenvalue weighted by Crippen LogP contribution is -2.49. The quantitative estimate of drug-likeness (QED) is 0.470. The summed E-state index contributed by atoms with van der Waals surface area (Å²) in [5.41, 5.74) is 1.33. The maximum Gasteiger partial charge on any atom is 0.321 e. The molecule has 9 heteroatoms. The molecule has 148 valence electrons. The van der Waals surface area contributed by atoms with Crippen molar-refractivity contribution in [1.29, 1.82) is 0 Å². The van der Waals surface area contributed by atoms with Crippen LogP contribution >= 0.6 is 0 Å². The number of benzene rings is 2. The molecular formula is C19H21N3O6. The van der Waals surface area contributed by atoms with E-state index in [4.69, 9.17) is 9.47 Å². The molecule has 4 rings (SSSR count). The zero-order valence-corrected chi connectivity index (χ0v) is 15.1. The molecule has 4 N–H and O–H groups in total. The van der Waals surface area contributed by atoms with Crippen molar-refractivity contribution in [2.75, 3.05) is 38.3 Å². The maximum atomic E-state index is 12.4. The Morgan fingerprint density at radius 1 is 0.964 bits per heavy atom. The number of nitrogens with one attached hydrogen (secondary N) is 1. The fraction of sp³-hybridized carbons (Fsp3) is 0.316. The van der Waals surface area contributed by atoms with E-state index in [1.54, 1.807) is 4.90 Å². The summed E-state index contributed by atoms with van der Waals surface area (Å²) in [6.07, 6.45) is 0. The summed E-state index contributed by atoms with van der Waals surface area (Å²) < 4.78 is 10.7. The van der Waals surface area contributed by atoms with Gasteiger partial charge in [0.1, 0.15) is 0 Å². The van der Waals surface area contributed by atoms with E-state index in [1.807, 2.05) is 18.2 Å². The average Bonchev–Trinajstić information content (AvgIpc) is 3.14. The van der Waals surface area contributed by atoms with E-state index >= 15 is 0 Å². The van der Waals surface area contributed by atoms with Crippen molar-refractivity contribution in [2.24, 2.45) is 0 Å². The smallest absolute Gasteiger partial charge is 0.321 e. The lowest BCUT2D eigenvalue weighted by atomic mass is 10.1. The molecule has 0 aromatic heterocycles. The van der Waals surface area contributed by atoms with E-state index < -0.39 is 17.2 Å². The minimum absolute atomic E-state index is 0.209. The first-order chi connectivity index (χ1) is 13.5. The van der Waals surface area contributed by atoms with Crippen LogP contribution in [0.5, 0.6) is 28.7 Å². The number of nitrogens with zero attached hydrogens (tertiary/aromatic N) is 2. The normalized spacial score (nSPS) is 16.2. The van der Waals surface area contributed by atoms with Crippen LogP contribution in [0.1, 0.15) is 5.56 Å². The van der Waals surface area contributed by atoms with Crippen LogP contribution in [0.4, 0.5) is 10.5 Å². The molecule has 2 aliphatic heterocycles. The lowest BCUT2D eigenvalue weighted by molar-refractivity contribution is 0.143. The van der Waals surface area contributed by atoms with E-state index in [1.165, 1.54) is 12.1 Å². The third-order valence-corrected chi connectivity index (χ3v) is 4.82. The molecule has 0 saturated carbocycles. The zero-order valence-electron chi connectivity index (χ0n) is 15.1. The highest BCUT2D eigenvalue weighted by atomic mass is 16.7. The molecule has 2 aliphatic rings. The highest BCUT2D eigenvalue weighted by Gasteiger charge is 2.22. The van der Waals surface area contributed by atoms with Crippen molar-refractivity contribution in [3.05, 3.63) is 35.9 Å². The molecular weight excluding hydrogens is 366 g/mol.